The molecule has 0 spiro atoms. The van der Waals surface area contributed by atoms with E-state index < -0.39 is 0 Å². The van der Waals surface area contributed by atoms with Gasteiger partial charge in [0, 0.05) is 12.7 Å². The maximum absolute atomic E-state index is 5.69. The molecule has 0 saturated heterocycles. The number of hydrogen-bond donors (Lipinski definition) is 1. The van der Waals surface area contributed by atoms with Crippen molar-refractivity contribution in [1.82, 2.24) is 5.32 Å². The molecule has 0 aliphatic heterocycles. The van der Waals surface area contributed by atoms with Gasteiger partial charge in [-0.25, -0.2) is 0 Å². The standard InChI is InChI=1S/C12H18ClN/c1-4-5-6-7-11(2)8-9-12(10-13)14-3/h4-9,14H,10H2,1-3H3/b5-4-,7-6-,11-8+,12-9-. The lowest BCUT2D eigenvalue weighted by molar-refractivity contribution is 0.994. The average molecular weight is 212 g/mol. The Morgan fingerprint density at radius 3 is 2.50 bits per heavy atom. The lowest BCUT2D eigenvalue weighted by Crippen LogP contribution is -2.06. The summed E-state index contributed by atoms with van der Waals surface area (Å²) in [5.74, 6) is 0.513. The minimum Gasteiger partial charge on any atom is -0.390 e. The number of hydrogen-bond acceptors (Lipinski definition) is 1. The predicted molar refractivity (Wildman–Crippen MR) is 65.6 cm³/mol. The van der Waals surface area contributed by atoms with Gasteiger partial charge >= 0.3 is 0 Å². The topological polar surface area (TPSA) is 12.0 Å². The molecule has 0 heterocycles. The van der Waals surface area contributed by atoms with Crippen LogP contribution in [0.2, 0.25) is 0 Å². The van der Waals surface area contributed by atoms with Crippen LogP contribution in [-0.4, -0.2) is 12.9 Å². The van der Waals surface area contributed by atoms with Crippen LogP contribution in [0.5, 0.6) is 0 Å². The molecule has 0 aromatic carbocycles. The Kier molecular flexibility index (Phi) is 8.05. The summed E-state index contributed by atoms with van der Waals surface area (Å²) in [6.45, 7) is 4.05. The van der Waals surface area contributed by atoms with Gasteiger partial charge in [0.25, 0.3) is 0 Å². The van der Waals surface area contributed by atoms with Crippen molar-refractivity contribution in [3.63, 3.8) is 0 Å². The average Bonchev–Trinajstić information content (AvgIpc) is 2.20. The monoisotopic (exact) mass is 211 g/mol. The molecule has 0 rings (SSSR count). The third-order valence-electron chi connectivity index (χ3n) is 1.68. The fraction of sp³-hybridized carbons (Fsp3) is 0.333. The highest BCUT2D eigenvalue weighted by Crippen LogP contribution is 1.99. The number of halogens is 1. The van der Waals surface area contributed by atoms with Crippen molar-refractivity contribution in [2.75, 3.05) is 12.9 Å². The maximum Gasteiger partial charge on any atom is 0.0621 e. The Hall–Kier alpha value is -0.950. The Morgan fingerprint density at radius 1 is 1.29 bits per heavy atom. The van der Waals surface area contributed by atoms with Crippen molar-refractivity contribution in [3.8, 4) is 0 Å². The van der Waals surface area contributed by atoms with Crippen molar-refractivity contribution in [3.05, 3.63) is 47.7 Å². The molecule has 0 fully saturated rings. The highest BCUT2D eigenvalue weighted by Gasteiger charge is 1.86. The number of nitrogens with one attached hydrogen (secondary N) is 1. The van der Waals surface area contributed by atoms with E-state index in [9.17, 15) is 0 Å². The van der Waals surface area contributed by atoms with Crippen LogP contribution in [0, 0.1) is 0 Å². The third kappa shape index (κ3) is 6.55. The predicted octanol–water partition coefficient (Wildman–Crippen LogP) is 3.41. The molecular formula is C12H18ClN. The molecule has 0 radical (unpaired) electrons. The Labute approximate surface area is 91.8 Å². The number of allylic oxidation sites excluding steroid dienone is 8. The van der Waals surface area contributed by atoms with Crippen LogP contribution in [0.15, 0.2) is 47.7 Å². The zero-order valence-electron chi connectivity index (χ0n) is 9.05. The fourth-order valence-corrected chi connectivity index (χ4v) is 1.02. The number of rotatable bonds is 5. The van der Waals surface area contributed by atoms with E-state index in [0.29, 0.717) is 5.88 Å². The van der Waals surface area contributed by atoms with E-state index >= 15 is 0 Å². The first kappa shape index (κ1) is 13.1. The SMILES string of the molecule is C\C=C/C=C\C(C)=C\C=C(\CCl)NC. The van der Waals surface area contributed by atoms with Crippen LogP contribution >= 0.6 is 11.6 Å². The molecule has 1 nitrogen and oxygen atoms in total. The molecule has 0 aromatic heterocycles. The third-order valence-corrected chi connectivity index (χ3v) is 1.96. The minimum atomic E-state index is 0.513. The molecule has 0 aliphatic rings. The maximum atomic E-state index is 5.69. The van der Waals surface area contributed by atoms with Gasteiger partial charge in [-0.3, -0.25) is 0 Å². The molecule has 0 aromatic rings. The summed E-state index contributed by atoms with van der Waals surface area (Å²) in [4.78, 5) is 0. The molecule has 78 valence electrons. The summed E-state index contributed by atoms with van der Waals surface area (Å²) in [5.41, 5.74) is 2.21. The molecule has 0 amide bonds. The molecule has 0 saturated carbocycles. The lowest BCUT2D eigenvalue weighted by atomic mass is 10.2. The second-order valence-corrected chi connectivity index (χ2v) is 3.14. The zero-order chi connectivity index (χ0) is 10.8. The van der Waals surface area contributed by atoms with E-state index in [-0.39, 0.29) is 0 Å². The van der Waals surface area contributed by atoms with Gasteiger partial charge in [-0.05, 0) is 19.9 Å². The smallest absolute Gasteiger partial charge is 0.0621 e. The van der Waals surface area contributed by atoms with Crippen molar-refractivity contribution in [2.24, 2.45) is 0 Å². The normalized spacial score (nSPS) is 14.3. The second kappa shape index (κ2) is 8.64. The Balaban J connectivity index is 4.29. The Morgan fingerprint density at radius 2 is 2.00 bits per heavy atom. The highest BCUT2D eigenvalue weighted by molar-refractivity contribution is 6.19. The van der Waals surface area contributed by atoms with E-state index in [2.05, 4.69) is 18.3 Å². The van der Waals surface area contributed by atoms with Gasteiger partial charge in [-0.15, -0.1) is 11.6 Å². The summed E-state index contributed by atoms with van der Waals surface area (Å²) in [6, 6.07) is 0. The van der Waals surface area contributed by atoms with Crippen molar-refractivity contribution in [2.45, 2.75) is 13.8 Å². The van der Waals surface area contributed by atoms with E-state index in [1.165, 1.54) is 5.57 Å². The molecule has 0 unspecified atom stereocenters. The van der Waals surface area contributed by atoms with Gasteiger partial charge in [0.1, 0.15) is 0 Å². The summed E-state index contributed by atoms with van der Waals surface area (Å²) in [7, 11) is 1.87. The van der Waals surface area contributed by atoms with Crippen molar-refractivity contribution >= 4 is 11.6 Å². The van der Waals surface area contributed by atoms with Gasteiger partial charge in [0.05, 0.1) is 5.88 Å². The molecule has 2 heteroatoms. The van der Waals surface area contributed by atoms with Crippen LogP contribution in [0.1, 0.15) is 13.8 Å². The Bertz CT molecular complexity index is 253. The first-order valence-corrected chi connectivity index (χ1v) is 5.18. The van der Waals surface area contributed by atoms with Gasteiger partial charge < -0.3 is 5.32 Å². The first-order chi connectivity index (χ1) is 6.74. The van der Waals surface area contributed by atoms with E-state index in [0.717, 1.165) is 5.70 Å². The van der Waals surface area contributed by atoms with Crippen LogP contribution in [-0.2, 0) is 0 Å². The summed E-state index contributed by atoms with van der Waals surface area (Å²) in [6.07, 6.45) is 12.1. The lowest BCUT2D eigenvalue weighted by Gasteiger charge is -1.98. The fourth-order valence-electron chi connectivity index (χ4n) is 0.801. The van der Waals surface area contributed by atoms with Crippen LogP contribution in [0.25, 0.3) is 0 Å². The van der Waals surface area contributed by atoms with Gasteiger partial charge in [-0.2, -0.15) is 0 Å². The van der Waals surface area contributed by atoms with Crippen LogP contribution in [0.4, 0.5) is 0 Å². The van der Waals surface area contributed by atoms with E-state index in [4.69, 9.17) is 11.6 Å². The summed E-state index contributed by atoms with van der Waals surface area (Å²) in [5, 5.41) is 3.02. The van der Waals surface area contributed by atoms with Crippen molar-refractivity contribution < 1.29 is 0 Å². The van der Waals surface area contributed by atoms with E-state index in [1.807, 2.05) is 44.4 Å². The first-order valence-electron chi connectivity index (χ1n) is 4.65. The number of alkyl halides is 1. The van der Waals surface area contributed by atoms with Gasteiger partial charge in [0.15, 0.2) is 0 Å². The van der Waals surface area contributed by atoms with Crippen LogP contribution in [0.3, 0.4) is 0 Å². The molecule has 0 atom stereocenters. The van der Waals surface area contributed by atoms with E-state index in [1.54, 1.807) is 0 Å². The van der Waals surface area contributed by atoms with Gasteiger partial charge in [-0.1, -0.05) is 36.0 Å². The minimum absolute atomic E-state index is 0.513. The summed E-state index contributed by atoms with van der Waals surface area (Å²) >= 11 is 5.69. The quantitative estimate of drug-likeness (QED) is 0.543. The van der Waals surface area contributed by atoms with Gasteiger partial charge in [0.2, 0.25) is 0 Å². The second-order valence-electron chi connectivity index (χ2n) is 2.87. The molecule has 14 heavy (non-hydrogen) atoms. The largest absolute Gasteiger partial charge is 0.390 e. The zero-order valence-corrected chi connectivity index (χ0v) is 9.81. The van der Waals surface area contributed by atoms with Crippen LogP contribution < -0.4 is 5.32 Å². The molecule has 0 bridgehead atoms. The molecule has 1 N–H and O–H groups in total. The molecular weight excluding hydrogens is 194 g/mol. The summed E-state index contributed by atoms with van der Waals surface area (Å²) < 4.78 is 0. The molecule has 0 aliphatic carbocycles. The van der Waals surface area contributed by atoms with Crippen molar-refractivity contribution in [1.29, 1.82) is 0 Å². The highest BCUT2D eigenvalue weighted by atomic mass is 35.5.